The van der Waals surface area contributed by atoms with Gasteiger partial charge in [0.15, 0.2) is 0 Å². The van der Waals surface area contributed by atoms with Gasteiger partial charge in [-0.3, -0.25) is 4.57 Å². The van der Waals surface area contributed by atoms with Gasteiger partial charge in [0.2, 0.25) is 0 Å². The van der Waals surface area contributed by atoms with Crippen molar-refractivity contribution >= 4 is 7.60 Å². The molecular weight excluding hydrogens is 265 g/mol. The highest BCUT2D eigenvalue weighted by molar-refractivity contribution is 7.54. The lowest BCUT2D eigenvalue weighted by atomic mass is 10.2. The summed E-state index contributed by atoms with van der Waals surface area (Å²) in [6.07, 6.45) is 0. The van der Waals surface area contributed by atoms with Crippen LogP contribution in [0.25, 0.3) is 0 Å². The second kappa shape index (κ2) is 8.46. The van der Waals surface area contributed by atoms with Crippen LogP contribution in [0.15, 0.2) is 30.3 Å². The molecule has 2 N–H and O–H groups in total. The topological polar surface area (TPSA) is 70.8 Å². The maximum Gasteiger partial charge on any atom is 0.349 e. The van der Waals surface area contributed by atoms with E-state index in [0.29, 0.717) is 19.8 Å². The van der Waals surface area contributed by atoms with Crippen molar-refractivity contribution in [2.24, 2.45) is 5.73 Å². The summed E-state index contributed by atoms with van der Waals surface area (Å²) < 4.78 is 28.1. The van der Waals surface area contributed by atoms with Crippen molar-refractivity contribution in [1.29, 1.82) is 0 Å². The van der Waals surface area contributed by atoms with Crippen molar-refractivity contribution in [3.8, 4) is 0 Å². The average Bonchev–Trinajstić information content (AvgIpc) is 2.40. The van der Waals surface area contributed by atoms with Gasteiger partial charge >= 0.3 is 7.60 Å². The van der Waals surface area contributed by atoms with Crippen molar-refractivity contribution in [1.82, 2.24) is 0 Å². The van der Waals surface area contributed by atoms with Crippen molar-refractivity contribution in [2.45, 2.75) is 26.2 Å². The lowest BCUT2D eigenvalue weighted by molar-refractivity contribution is 0.109. The minimum atomic E-state index is -3.28. The molecule has 0 aliphatic carbocycles. The monoisotopic (exact) mass is 287 g/mol. The maximum atomic E-state index is 12.3. The van der Waals surface area contributed by atoms with E-state index in [2.05, 4.69) is 0 Å². The van der Waals surface area contributed by atoms with Crippen LogP contribution in [0.2, 0.25) is 0 Å². The van der Waals surface area contributed by atoms with E-state index in [4.69, 9.17) is 19.5 Å². The fourth-order valence-corrected chi connectivity index (χ4v) is 3.02. The number of rotatable bonds is 9. The molecule has 0 aliphatic heterocycles. The molecule has 1 aromatic rings. The summed E-state index contributed by atoms with van der Waals surface area (Å²) in [6, 6.07) is 9.72. The van der Waals surface area contributed by atoms with Gasteiger partial charge in [-0.05, 0) is 19.4 Å². The Labute approximate surface area is 114 Å². The molecule has 6 heteroatoms. The first kappa shape index (κ1) is 16.3. The summed E-state index contributed by atoms with van der Waals surface area (Å²) in [5, 5.41) is 0. The third-order valence-corrected chi connectivity index (χ3v) is 4.62. The first-order chi connectivity index (χ1) is 9.12. The lowest BCUT2D eigenvalue weighted by Crippen LogP contribution is -2.28. The molecule has 0 heterocycles. The predicted molar refractivity (Wildman–Crippen MR) is 74.9 cm³/mol. The Bertz CT molecular complexity index is 389. The predicted octanol–water partition coefficient (Wildman–Crippen LogP) is 2.75. The zero-order valence-corrected chi connectivity index (χ0v) is 12.3. The molecule has 1 aromatic carbocycles. The number of ether oxygens (including phenoxy) is 1. The second-order valence-electron chi connectivity index (χ2n) is 3.94. The molecule has 0 amide bonds. The quantitative estimate of drug-likeness (QED) is 0.707. The molecule has 0 bridgehead atoms. The molecule has 0 radical (unpaired) electrons. The summed E-state index contributed by atoms with van der Waals surface area (Å²) >= 11 is 0. The molecule has 1 rings (SSSR count). The first-order valence-corrected chi connectivity index (χ1v) is 7.99. The zero-order chi connectivity index (χ0) is 14.1. The van der Waals surface area contributed by atoms with Gasteiger partial charge in [0.25, 0.3) is 0 Å². The van der Waals surface area contributed by atoms with Crippen LogP contribution in [-0.2, 0) is 25.0 Å². The van der Waals surface area contributed by atoms with Crippen LogP contribution in [0, 0.1) is 0 Å². The van der Waals surface area contributed by atoms with Gasteiger partial charge in [-0.2, -0.15) is 0 Å². The highest BCUT2D eigenvalue weighted by Crippen LogP contribution is 2.50. The Morgan fingerprint density at radius 2 is 1.74 bits per heavy atom. The van der Waals surface area contributed by atoms with E-state index in [1.54, 1.807) is 13.8 Å². The molecule has 0 aromatic heterocycles. The van der Waals surface area contributed by atoms with Gasteiger partial charge in [-0.25, -0.2) is 0 Å². The zero-order valence-electron chi connectivity index (χ0n) is 11.5. The summed E-state index contributed by atoms with van der Waals surface area (Å²) in [6.45, 7) is 4.65. The number of hydrogen-bond acceptors (Lipinski definition) is 5. The van der Waals surface area contributed by atoms with Crippen LogP contribution in [0.1, 0.15) is 19.4 Å². The fraction of sp³-hybridized carbons (Fsp3) is 0.538. The van der Waals surface area contributed by atoms with Gasteiger partial charge in [-0.15, -0.1) is 0 Å². The molecule has 19 heavy (non-hydrogen) atoms. The molecule has 0 saturated heterocycles. The van der Waals surface area contributed by atoms with E-state index in [0.717, 1.165) is 5.56 Å². The van der Waals surface area contributed by atoms with Crippen molar-refractivity contribution in [3.05, 3.63) is 35.9 Å². The van der Waals surface area contributed by atoms with Gasteiger partial charge in [0.1, 0.15) is 5.78 Å². The SMILES string of the molecule is CCOP(=O)(OCC)[C@@H](N)COCc1ccccc1. The van der Waals surface area contributed by atoms with E-state index in [1.165, 1.54) is 0 Å². The van der Waals surface area contributed by atoms with Gasteiger partial charge in [-0.1, -0.05) is 30.3 Å². The van der Waals surface area contributed by atoms with E-state index in [9.17, 15) is 4.57 Å². The van der Waals surface area contributed by atoms with Gasteiger partial charge in [0.05, 0.1) is 26.4 Å². The minimum absolute atomic E-state index is 0.131. The molecule has 0 unspecified atom stereocenters. The van der Waals surface area contributed by atoms with Crippen molar-refractivity contribution < 1.29 is 18.3 Å². The van der Waals surface area contributed by atoms with Crippen LogP contribution < -0.4 is 5.73 Å². The van der Waals surface area contributed by atoms with Crippen LogP contribution in [-0.4, -0.2) is 25.6 Å². The molecule has 108 valence electrons. The summed E-state index contributed by atoms with van der Waals surface area (Å²) in [5.74, 6) is -0.767. The largest absolute Gasteiger partial charge is 0.374 e. The Hall–Kier alpha value is -0.710. The molecular formula is C13H22NO4P. The fourth-order valence-electron chi connectivity index (χ4n) is 1.55. The number of benzene rings is 1. The van der Waals surface area contributed by atoms with Crippen LogP contribution in [0.5, 0.6) is 0 Å². The summed E-state index contributed by atoms with van der Waals surface area (Å²) in [4.78, 5) is 0. The Morgan fingerprint density at radius 1 is 1.16 bits per heavy atom. The number of hydrogen-bond donors (Lipinski definition) is 1. The van der Waals surface area contributed by atoms with E-state index in [-0.39, 0.29) is 6.61 Å². The van der Waals surface area contributed by atoms with Gasteiger partial charge < -0.3 is 19.5 Å². The molecule has 1 atom stereocenters. The molecule has 0 saturated carbocycles. The second-order valence-corrected chi connectivity index (χ2v) is 6.20. The van der Waals surface area contributed by atoms with E-state index < -0.39 is 13.4 Å². The Morgan fingerprint density at radius 3 is 2.26 bits per heavy atom. The third-order valence-electron chi connectivity index (χ3n) is 2.42. The smallest absolute Gasteiger partial charge is 0.349 e. The van der Waals surface area contributed by atoms with E-state index in [1.807, 2.05) is 30.3 Å². The first-order valence-electron chi connectivity index (χ1n) is 6.38. The van der Waals surface area contributed by atoms with Crippen molar-refractivity contribution in [3.63, 3.8) is 0 Å². The maximum absolute atomic E-state index is 12.3. The minimum Gasteiger partial charge on any atom is -0.374 e. The van der Waals surface area contributed by atoms with Crippen LogP contribution in [0.4, 0.5) is 0 Å². The number of nitrogens with two attached hydrogens (primary N) is 1. The summed E-state index contributed by atoms with van der Waals surface area (Å²) in [5.41, 5.74) is 6.89. The molecule has 0 aliphatic rings. The Kier molecular flexibility index (Phi) is 7.28. The molecule has 0 spiro atoms. The van der Waals surface area contributed by atoms with E-state index >= 15 is 0 Å². The van der Waals surface area contributed by atoms with Crippen molar-refractivity contribution in [2.75, 3.05) is 19.8 Å². The van der Waals surface area contributed by atoms with Gasteiger partial charge in [0, 0.05) is 0 Å². The summed E-state index contributed by atoms with van der Waals surface area (Å²) in [7, 11) is -3.28. The average molecular weight is 287 g/mol. The lowest BCUT2D eigenvalue weighted by Gasteiger charge is -2.22. The Balaban J connectivity index is 2.44. The normalized spacial score (nSPS) is 13.4. The standard InChI is InChI=1S/C13H22NO4P/c1-3-17-19(15,18-4-2)13(14)11-16-10-12-8-6-5-7-9-12/h5-9,13H,3-4,10-11,14H2,1-2H3/t13-/m1/s1. The third kappa shape index (κ3) is 5.43. The highest BCUT2D eigenvalue weighted by Gasteiger charge is 2.32. The highest BCUT2D eigenvalue weighted by atomic mass is 31.2. The molecule has 0 fully saturated rings. The van der Waals surface area contributed by atoms with Crippen LogP contribution in [0.3, 0.4) is 0 Å². The molecule has 5 nitrogen and oxygen atoms in total. The van der Waals surface area contributed by atoms with Crippen LogP contribution >= 0.6 is 7.60 Å².